The highest BCUT2D eigenvalue weighted by Gasteiger charge is 2.32. The monoisotopic (exact) mass is 359 g/mol. The number of nitrogens with zero attached hydrogens (tertiary/aromatic N) is 1. The van der Waals surface area contributed by atoms with Gasteiger partial charge in [0.25, 0.3) is 0 Å². The van der Waals surface area contributed by atoms with Crippen LogP contribution in [-0.4, -0.2) is 30.1 Å². The van der Waals surface area contributed by atoms with Gasteiger partial charge in [0.2, 0.25) is 0 Å². The van der Waals surface area contributed by atoms with Crippen molar-refractivity contribution in [2.45, 2.75) is 6.04 Å². The molecule has 3 nitrogen and oxygen atoms in total. The van der Waals surface area contributed by atoms with Crippen LogP contribution < -0.4 is 10.6 Å². The molecule has 118 valence electrons. The van der Waals surface area contributed by atoms with Crippen molar-refractivity contribution in [1.82, 2.24) is 15.5 Å². The smallest absolute Gasteiger partial charge is 0.171 e. The fraction of sp³-hybridized carbons (Fsp3) is 0.235. The van der Waals surface area contributed by atoms with Crippen LogP contribution in [0.25, 0.3) is 6.08 Å². The second-order valence-electron chi connectivity index (χ2n) is 5.80. The Morgan fingerprint density at radius 2 is 2.04 bits per heavy atom. The quantitative estimate of drug-likeness (QED) is 0.801. The molecular formula is C17H17N3S3. The highest BCUT2D eigenvalue weighted by atomic mass is 32.1. The van der Waals surface area contributed by atoms with Crippen LogP contribution in [0.5, 0.6) is 0 Å². The third kappa shape index (κ3) is 2.99. The first-order chi connectivity index (χ1) is 11.2. The van der Waals surface area contributed by atoms with E-state index >= 15 is 0 Å². The van der Waals surface area contributed by atoms with E-state index in [1.54, 1.807) is 22.7 Å². The molecule has 1 unspecified atom stereocenters. The molecule has 2 aromatic heterocycles. The van der Waals surface area contributed by atoms with E-state index in [0.29, 0.717) is 5.11 Å². The summed E-state index contributed by atoms with van der Waals surface area (Å²) in [6.45, 7) is 1.88. The molecule has 0 fully saturated rings. The first kappa shape index (κ1) is 15.1. The Morgan fingerprint density at radius 1 is 1.22 bits per heavy atom. The zero-order chi connectivity index (χ0) is 15.8. The summed E-state index contributed by atoms with van der Waals surface area (Å²) in [5.74, 6) is 0. The van der Waals surface area contributed by atoms with Crippen LogP contribution in [0.15, 0.2) is 51.9 Å². The molecule has 23 heavy (non-hydrogen) atoms. The molecule has 2 N–H and O–H groups in total. The van der Waals surface area contributed by atoms with E-state index in [0.717, 1.165) is 13.1 Å². The predicted molar refractivity (Wildman–Crippen MR) is 103 cm³/mol. The van der Waals surface area contributed by atoms with E-state index in [4.69, 9.17) is 12.2 Å². The summed E-state index contributed by atoms with van der Waals surface area (Å²) < 4.78 is 0. The Balaban J connectivity index is 1.81. The Bertz CT molecular complexity index is 772. The second-order valence-corrected chi connectivity index (χ2v) is 8.17. The van der Waals surface area contributed by atoms with Crippen LogP contribution in [0.3, 0.4) is 0 Å². The summed E-state index contributed by atoms with van der Waals surface area (Å²) >= 11 is 9.01. The number of thiocarbonyl (C=S) groups is 1. The molecule has 4 heterocycles. The molecule has 1 atom stereocenters. The highest BCUT2D eigenvalue weighted by molar-refractivity contribution is 7.80. The van der Waals surface area contributed by atoms with Gasteiger partial charge in [-0.15, -0.1) is 22.7 Å². The summed E-state index contributed by atoms with van der Waals surface area (Å²) in [4.78, 5) is 4.95. The van der Waals surface area contributed by atoms with E-state index in [2.05, 4.69) is 63.7 Å². The lowest BCUT2D eigenvalue weighted by atomic mass is 9.92. The Kier molecular flexibility index (Phi) is 4.07. The topological polar surface area (TPSA) is 27.3 Å². The van der Waals surface area contributed by atoms with Gasteiger partial charge in [0.15, 0.2) is 5.11 Å². The maximum absolute atomic E-state index is 5.47. The van der Waals surface area contributed by atoms with Crippen LogP contribution in [-0.2, 0) is 0 Å². The number of thiophene rings is 2. The number of hydrogen-bond acceptors (Lipinski definition) is 4. The molecule has 2 aliphatic heterocycles. The zero-order valence-electron chi connectivity index (χ0n) is 12.7. The lowest BCUT2D eigenvalue weighted by Gasteiger charge is -2.38. The van der Waals surface area contributed by atoms with Crippen LogP contribution in [0, 0.1) is 0 Å². The molecule has 0 aliphatic carbocycles. The number of hydrogen-bond donors (Lipinski definition) is 2. The van der Waals surface area contributed by atoms with Crippen molar-refractivity contribution in [3.8, 4) is 0 Å². The van der Waals surface area contributed by atoms with Crippen LogP contribution in [0.2, 0.25) is 0 Å². The Hall–Kier alpha value is -1.47. The molecule has 0 saturated carbocycles. The van der Waals surface area contributed by atoms with Crippen LogP contribution in [0.4, 0.5) is 0 Å². The molecule has 0 amide bonds. The maximum Gasteiger partial charge on any atom is 0.171 e. The van der Waals surface area contributed by atoms with Crippen LogP contribution >= 0.6 is 34.9 Å². The van der Waals surface area contributed by atoms with Crippen molar-refractivity contribution in [2.75, 3.05) is 20.1 Å². The average molecular weight is 360 g/mol. The number of rotatable bonds is 2. The summed E-state index contributed by atoms with van der Waals surface area (Å²) in [6, 6.07) is 8.70. The SMILES string of the molecule is CN1CC2=C(NC(=S)NC2c2cccs2)/C(=C/c2cccs2)C1. The molecule has 2 aromatic rings. The van der Waals surface area contributed by atoms with Gasteiger partial charge in [-0.1, -0.05) is 12.1 Å². The van der Waals surface area contributed by atoms with Gasteiger partial charge in [0.05, 0.1) is 6.04 Å². The van der Waals surface area contributed by atoms with Crippen molar-refractivity contribution < 1.29 is 0 Å². The van der Waals surface area contributed by atoms with Crippen molar-refractivity contribution in [1.29, 1.82) is 0 Å². The molecule has 6 heteroatoms. The molecule has 0 bridgehead atoms. The van der Waals surface area contributed by atoms with Crippen LogP contribution in [0.1, 0.15) is 15.8 Å². The van der Waals surface area contributed by atoms with Gasteiger partial charge in [0.1, 0.15) is 0 Å². The molecule has 0 spiro atoms. The predicted octanol–water partition coefficient (Wildman–Crippen LogP) is 3.61. The van der Waals surface area contributed by atoms with Gasteiger partial charge in [-0.25, -0.2) is 0 Å². The van der Waals surface area contributed by atoms with E-state index in [-0.39, 0.29) is 6.04 Å². The van der Waals surface area contributed by atoms with Crippen molar-refractivity contribution in [3.63, 3.8) is 0 Å². The standard InChI is InChI=1S/C17H17N3S3/c1-20-9-11(8-12-4-2-6-22-12)15-13(10-20)16(19-17(21)18-15)14-5-3-7-23-14/h2-8,16H,9-10H2,1H3,(H2,18,19,21)/b11-8+. The van der Waals surface area contributed by atoms with Gasteiger partial charge in [-0.2, -0.15) is 0 Å². The first-order valence-electron chi connectivity index (χ1n) is 7.47. The average Bonchev–Trinajstić information content (AvgIpc) is 3.20. The molecule has 2 aliphatic rings. The van der Waals surface area contributed by atoms with E-state index in [1.165, 1.54) is 26.6 Å². The second kappa shape index (κ2) is 6.20. The molecule has 0 saturated heterocycles. The van der Waals surface area contributed by atoms with Crippen molar-refractivity contribution in [2.24, 2.45) is 0 Å². The van der Waals surface area contributed by atoms with Gasteiger partial charge in [0, 0.05) is 28.5 Å². The lowest BCUT2D eigenvalue weighted by molar-refractivity contribution is 0.364. The summed E-state index contributed by atoms with van der Waals surface area (Å²) in [5.41, 5.74) is 3.89. The Morgan fingerprint density at radius 3 is 2.78 bits per heavy atom. The maximum atomic E-state index is 5.47. The minimum Gasteiger partial charge on any atom is -0.351 e. The van der Waals surface area contributed by atoms with Gasteiger partial charge in [-0.3, -0.25) is 4.90 Å². The first-order valence-corrected chi connectivity index (χ1v) is 9.64. The minimum atomic E-state index is 0.174. The van der Waals surface area contributed by atoms with Gasteiger partial charge >= 0.3 is 0 Å². The van der Waals surface area contributed by atoms with Gasteiger partial charge < -0.3 is 10.6 Å². The molecule has 0 aromatic carbocycles. The minimum absolute atomic E-state index is 0.174. The zero-order valence-corrected chi connectivity index (χ0v) is 15.2. The van der Waals surface area contributed by atoms with E-state index in [1.807, 2.05) is 0 Å². The summed E-state index contributed by atoms with van der Waals surface area (Å²) in [5, 5.41) is 11.8. The van der Waals surface area contributed by atoms with Crippen molar-refractivity contribution >= 4 is 46.1 Å². The number of nitrogens with one attached hydrogen (secondary N) is 2. The summed E-state index contributed by atoms with van der Waals surface area (Å²) in [6.07, 6.45) is 2.28. The lowest BCUT2D eigenvalue weighted by Crippen LogP contribution is -2.49. The van der Waals surface area contributed by atoms with Crippen molar-refractivity contribution in [3.05, 3.63) is 61.6 Å². The highest BCUT2D eigenvalue weighted by Crippen LogP contribution is 2.35. The number of likely N-dealkylation sites (N-methyl/N-ethyl adjacent to an activating group) is 1. The molecule has 0 radical (unpaired) electrons. The van der Waals surface area contributed by atoms with E-state index in [9.17, 15) is 0 Å². The Labute approximate surface area is 149 Å². The molecule has 4 rings (SSSR count). The third-order valence-electron chi connectivity index (χ3n) is 4.07. The largest absolute Gasteiger partial charge is 0.351 e. The summed E-state index contributed by atoms with van der Waals surface area (Å²) in [7, 11) is 2.17. The van der Waals surface area contributed by atoms with E-state index < -0.39 is 0 Å². The normalized spacial score (nSPS) is 23.6. The fourth-order valence-electron chi connectivity index (χ4n) is 3.13. The third-order valence-corrected chi connectivity index (χ3v) is 6.05. The van der Waals surface area contributed by atoms with Gasteiger partial charge in [-0.05, 0) is 59.4 Å². The fourth-order valence-corrected chi connectivity index (χ4v) is 4.84. The molecular weight excluding hydrogens is 342 g/mol.